The molecule has 1 unspecified atom stereocenters. The fraction of sp³-hybridized carbons (Fsp3) is 0.455. The maximum absolute atomic E-state index is 13.1. The highest BCUT2D eigenvalue weighted by Gasteiger charge is 2.12. The van der Waals surface area contributed by atoms with Crippen LogP contribution in [0.25, 0.3) is 0 Å². The predicted molar refractivity (Wildman–Crippen MR) is 54.9 cm³/mol. The molecule has 1 aromatic rings. The van der Waals surface area contributed by atoms with E-state index in [1.165, 1.54) is 13.2 Å². The number of hydrogen-bond acceptors (Lipinski definition) is 2. The Morgan fingerprint density at radius 3 is 2.60 bits per heavy atom. The van der Waals surface area contributed by atoms with Gasteiger partial charge in [0.15, 0.2) is 11.6 Å². The van der Waals surface area contributed by atoms with Crippen molar-refractivity contribution in [3.63, 3.8) is 0 Å². The zero-order valence-electron chi connectivity index (χ0n) is 8.89. The average molecular weight is 215 g/mol. The van der Waals surface area contributed by atoms with Crippen molar-refractivity contribution in [3.05, 3.63) is 29.3 Å². The molecule has 0 aliphatic carbocycles. The van der Waals surface area contributed by atoms with Gasteiger partial charge in [-0.3, -0.25) is 0 Å². The number of rotatable bonds is 4. The van der Waals surface area contributed by atoms with Gasteiger partial charge in [-0.05, 0) is 30.5 Å². The first-order valence-electron chi connectivity index (χ1n) is 4.86. The van der Waals surface area contributed by atoms with Crippen molar-refractivity contribution in [2.75, 3.05) is 7.11 Å². The molecule has 1 rings (SSSR count). The Morgan fingerprint density at radius 1 is 1.40 bits per heavy atom. The highest BCUT2D eigenvalue weighted by Crippen LogP contribution is 2.22. The topological polar surface area (TPSA) is 35.2 Å². The zero-order valence-corrected chi connectivity index (χ0v) is 8.89. The van der Waals surface area contributed by atoms with Crippen molar-refractivity contribution in [1.29, 1.82) is 0 Å². The van der Waals surface area contributed by atoms with E-state index in [1.54, 1.807) is 0 Å². The Labute approximate surface area is 88.0 Å². The number of nitrogens with two attached hydrogens (primary N) is 1. The smallest absolute Gasteiger partial charge is 0.200 e. The second-order valence-corrected chi connectivity index (χ2v) is 3.47. The molecular formula is C11H15F2NO. The van der Waals surface area contributed by atoms with Crippen molar-refractivity contribution >= 4 is 0 Å². The number of hydrogen-bond donors (Lipinski definition) is 1. The van der Waals surface area contributed by atoms with Gasteiger partial charge in [0.25, 0.3) is 0 Å². The maximum Gasteiger partial charge on any atom is 0.200 e. The van der Waals surface area contributed by atoms with Crippen LogP contribution in [0.4, 0.5) is 8.78 Å². The van der Waals surface area contributed by atoms with Gasteiger partial charge in [-0.2, -0.15) is 4.39 Å². The molecule has 1 atom stereocenters. The van der Waals surface area contributed by atoms with Gasteiger partial charge in [0.05, 0.1) is 7.11 Å². The van der Waals surface area contributed by atoms with E-state index >= 15 is 0 Å². The Morgan fingerprint density at radius 2 is 2.07 bits per heavy atom. The van der Waals surface area contributed by atoms with E-state index in [9.17, 15) is 8.78 Å². The SMILES string of the molecule is CCC(N)Cc1cc(F)c(F)c(OC)c1. The molecule has 2 N–H and O–H groups in total. The summed E-state index contributed by atoms with van der Waals surface area (Å²) in [4.78, 5) is 0. The summed E-state index contributed by atoms with van der Waals surface area (Å²) in [5.41, 5.74) is 6.38. The van der Waals surface area contributed by atoms with Crippen molar-refractivity contribution in [2.45, 2.75) is 25.8 Å². The van der Waals surface area contributed by atoms with Gasteiger partial charge < -0.3 is 10.5 Å². The summed E-state index contributed by atoms with van der Waals surface area (Å²) >= 11 is 0. The average Bonchev–Trinajstić information content (AvgIpc) is 2.22. The van der Waals surface area contributed by atoms with Crippen LogP contribution >= 0.6 is 0 Å². The number of methoxy groups -OCH3 is 1. The molecule has 0 heterocycles. The molecule has 0 radical (unpaired) electrons. The Kier molecular flexibility index (Phi) is 4.03. The lowest BCUT2D eigenvalue weighted by Crippen LogP contribution is -2.21. The van der Waals surface area contributed by atoms with Crippen LogP contribution in [0, 0.1) is 11.6 Å². The summed E-state index contributed by atoms with van der Waals surface area (Å²) in [5, 5.41) is 0. The number of halogens is 2. The normalized spacial score (nSPS) is 12.6. The Balaban J connectivity index is 2.95. The number of benzene rings is 1. The first kappa shape index (κ1) is 11.9. The molecule has 0 fully saturated rings. The quantitative estimate of drug-likeness (QED) is 0.836. The molecule has 0 aliphatic heterocycles. The van der Waals surface area contributed by atoms with Crippen LogP contribution in [-0.4, -0.2) is 13.2 Å². The standard InChI is InChI=1S/C11H15F2NO/c1-3-8(14)4-7-5-9(12)11(13)10(6-7)15-2/h5-6,8H,3-4,14H2,1-2H3. The lowest BCUT2D eigenvalue weighted by atomic mass is 10.0. The molecule has 15 heavy (non-hydrogen) atoms. The molecule has 0 bridgehead atoms. The molecule has 84 valence electrons. The van der Waals surface area contributed by atoms with Crippen LogP contribution in [0.1, 0.15) is 18.9 Å². The zero-order chi connectivity index (χ0) is 11.4. The minimum Gasteiger partial charge on any atom is -0.494 e. The third-order valence-corrected chi connectivity index (χ3v) is 2.30. The fourth-order valence-electron chi connectivity index (χ4n) is 1.33. The molecule has 0 aromatic heterocycles. The molecule has 0 amide bonds. The minimum atomic E-state index is -0.952. The van der Waals surface area contributed by atoms with Crippen LogP contribution in [0.5, 0.6) is 5.75 Å². The third-order valence-electron chi connectivity index (χ3n) is 2.30. The molecule has 4 heteroatoms. The van der Waals surface area contributed by atoms with Crippen LogP contribution in [-0.2, 0) is 6.42 Å². The van der Waals surface area contributed by atoms with E-state index in [0.29, 0.717) is 12.0 Å². The van der Waals surface area contributed by atoms with E-state index in [1.807, 2.05) is 6.92 Å². The second kappa shape index (κ2) is 5.07. The molecule has 0 spiro atoms. The van der Waals surface area contributed by atoms with Gasteiger partial charge in [0.2, 0.25) is 5.82 Å². The van der Waals surface area contributed by atoms with Crippen LogP contribution in [0.15, 0.2) is 12.1 Å². The van der Waals surface area contributed by atoms with E-state index in [-0.39, 0.29) is 11.8 Å². The van der Waals surface area contributed by atoms with E-state index in [0.717, 1.165) is 12.5 Å². The molecule has 0 saturated carbocycles. The summed E-state index contributed by atoms with van der Waals surface area (Å²) in [6.07, 6.45) is 1.31. The lowest BCUT2D eigenvalue weighted by molar-refractivity contribution is 0.370. The molecule has 1 aromatic carbocycles. The highest BCUT2D eigenvalue weighted by molar-refractivity contribution is 5.31. The lowest BCUT2D eigenvalue weighted by Gasteiger charge is -2.10. The van der Waals surface area contributed by atoms with Gasteiger partial charge in [-0.15, -0.1) is 0 Å². The first-order chi connectivity index (χ1) is 7.08. The van der Waals surface area contributed by atoms with Crippen molar-refractivity contribution in [1.82, 2.24) is 0 Å². The van der Waals surface area contributed by atoms with Crippen LogP contribution in [0.3, 0.4) is 0 Å². The Bertz CT molecular complexity index is 342. The van der Waals surface area contributed by atoms with Gasteiger partial charge >= 0.3 is 0 Å². The van der Waals surface area contributed by atoms with Crippen molar-refractivity contribution < 1.29 is 13.5 Å². The molecular weight excluding hydrogens is 200 g/mol. The summed E-state index contributed by atoms with van der Waals surface area (Å²) in [6.45, 7) is 1.95. The van der Waals surface area contributed by atoms with E-state index in [2.05, 4.69) is 0 Å². The largest absolute Gasteiger partial charge is 0.494 e. The summed E-state index contributed by atoms with van der Waals surface area (Å²) in [6, 6.07) is 2.60. The summed E-state index contributed by atoms with van der Waals surface area (Å²) < 4.78 is 30.9. The van der Waals surface area contributed by atoms with E-state index < -0.39 is 11.6 Å². The van der Waals surface area contributed by atoms with Gasteiger partial charge in [0, 0.05) is 6.04 Å². The number of ether oxygens (including phenoxy) is 1. The van der Waals surface area contributed by atoms with Crippen molar-refractivity contribution in [2.24, 2.45) is 5.73 Å². The summed E-state index contributed by atoms with van der Waals surface area (Å²) in [5.74, 6) is -1.92. The summed E-state index contributed by atoms with van der Waals surface area (Å²) in [7, 11) is 1.31. The predicted octanol–water partition coefficient (Wildman–Crippen LogP) is 2.25. The minimum absolute atomic E-state index is 0.0421. The van der Waals surface area contributed by atoms with E-state index in [4.69, 9.17) is 10.5 Å². The van der Waals surface area contributed by atoms with Crippen molar-refractivity contribution in [3.8, 4) is 5.75 Å². The molecule has 0 aliphatic rings. The van der Waals surface area contributed by atoms with Crippen LogP contribution < -0.4 is 10.5 Å². The maximum atomic E-state index is 13.1. The molecule has 2 nitrogen and oxygen atoms in total. The van der Waals surface area contributed by atoms with Gasteiger partial charge in [-0.25, -0.2) is 4.39 Å². The second-order valence-electron chi connectivity index (χ2n) is 3.47. The first-order valence-corrected chi connectivity index (χ1v) is 4.86. The Hall–Kier alpha value is -1.16. The monoisotopic (exact) mass is 215 g/mol. The fourth-order valence-corrected chi connectivity index (χ4v) is 1.33. The van der Waals surface area contributed by atoms with Crippen LogP contribution in [0.2, 0.25) is 0 Å². The van der Waals surface area contributed by atoms with Gasteiger partial charge in [-0.1, -0.05) is 6.92 Å². The highest BCUT2D eigenvalue weighted by atomic mass is 19.2. The molecule has 0 saturated heterocycles. The third kappa shape index (κ3) is 2.89. The van der Waals surface area contributed by atoms with Gasteiger partial charge in [0.1, 0.15) is 0 Å².